The second kappa shape index (κ2) is 8.01. The molecule has 8 nitrogen and oxygen atoms in total. The minimum atomic E-state index is -3.55. The van der Waals surface area contributed by atoms with Gasteiger partial charge in [-0.1, -0.05) is 0 Å². The molecular weight excluding hydrogens is 360 g/mol. The van der Waals surface area contributed by atoms with Crippen molar-refractivity contribution in [3.05, 3.63) is 29.8 Å². The standard InChI is InChI=1S/C17H24N2O6S/c1-17(24-12-13-25-17)6-7-18-16(20)14-2-4-15(5-3-14)26(21,22)19-8-10-23-11-9-19/h2-5H,6-13H2,1H3,(H,18,20). The van der Waals surface area contributed by atoms with E-state index in [1.807, 2.05) is 6.92 Å². The van der Waals surface area contributed by atoms with Crippen molar-refractivity contribution in [1.29, 1.82) is 0 Å². The van der Waals surface area contributed by atoms with E-state index in [9.17, 15) is 13.2 Å². The minimum Gasteiger partial charge on any atom is -0.379 e. The summed E-state index contributed by atoms with van der Waals surface area (Å²) < 4.78 is 42.7. The SMILES string of the molecule is CC1(CCNC(=O)c2ccc(S(=O)(=O)N3CCOCC3)cc2)OCCO1. The number of nitrogens with zero attached hydrogens (tertiary/aromatic N) is 1. The van der Waals surface area contributed by atoms with Gasteiger partial charge in [-0.25, -0.2) is 8.42 Å². The van der Waals surface area contributed by atoms with E-state index in [1.54, 1.807) is 0 Å². The molecule has 2 aliphatic rings. The lowest BCUT2D eigenvalue weighted by atomic mass is 10.2. The monoisotopic (exact) mass is 384 g/mol. The van der Waals surface area contributed by atoms with Crippen LogP contribution in [0.5, 0.6) is 0 Å². The zero-order valence-electron chi connectivity index (χ0n) is 14.8. The van der Waals surface area contributed by atoms with Crippen LogP contribution in [0.4, 0.5) is 0 Å². The first kappa shape index (κ1) is 19.2. The number of benzene rings is 1. The minimum absolute atomic E-state index is 0.177. The molecule has 144 valence electrons. The third kappa shape index (κ3) is 4.41. The molecule has 9 heteroatoms. The maximum Gasteiger partial charge on any atom is 0.251 e. The lowest BCUT2D eigenvalue weighted by Gasteiger charge is -2.26. The molecule has 3 rings (SSSR count). The predicted octanol–water partition coefficient (Wildman–Crippen LogP) is 0.590. The Morgan fingerprint density at radius 1 is 1.12 bits per heavy atom. The van der Waals surface area contributed by atoms with Gasteiger partial charge in [-0.15, -0.1) is 0 Å². The van der Waals surface area contributed by atoms with Gasteiger partial charge in [0.25, 0.3) is 5.91 Å². The fourth-order valence-electron chi connectivity index (χ4n) is 2.92. The zero-order chi connectivity index (χ0) is 18.6. The van der Waals surface area contributed by atoms with E-state index in [0.29, 0.717) is 58.0 Å². The molecule has 1 N–H and O–H groups in total. The van der Waals surface area contributed by atoms with Gasteiger partial charge in [0.15, 0.2) is 5.79 Å². The van der Waals surface area contributed by atoms with E-state index in [-0.39, 0.29) is 10.8 Å². The molecule has 0 unspecified atom stereocenters. The Morgan fingerprint density at radius 3 is 2.35 bits per heavy atom. The molecule has 0 aromatic heterocycles. The van der Waals surface area contributed by atoms with Gasteiger partial charge >= 0.3 is 0 Å². The summed E-state index contributed by atoms with van der Waals surface area (Å²) in [5.41, 5.74) is 0.407. The number of sulfonamides is 1. The van der Waals surface area contributed by atoms with E-state index < -0.39 is 15.8 Å². The summed E-state index contributed by atoms with van der Waals surface area (Å²) in [6.07, 6.45) is 0.544. The molecule has 0 spiro atoms. The summed E-state index contributed by atoms with van der Waals surface area (Å²) in [7, 11) is -3.55. The first-order chi connectivity index (χ1) is 12.4. The Kier molecular flexibility index (Phi) is 5.93. The van der Waals surface area contributed by atoms with E-state index >= 15 is 0 Å². The van der Waals surface area contributed by atoms with Gasteiger partial charge < -0.3 is 19.5 Å². The maximum absolute atomic E-state index is 12.6. The van der Waals surface area contributed by atoms with E-state index in [2.05, 4.69) is 5.32 Å². The third-order valence-electron chi connectivity index (χ3n) is 4.49. The van der Waals surface area contributed by atoms with E-state index in [1.165, 1.54) is 28.6 Å². The average molecular weight is 384 g/mol. The predicted molar refractivity (Wildman–Crippen MR) is 93.3 cm³/mol. The fourth-order valence-corrected chi connectivity index (χ4v) is 4.33. The summed E-state index contributed by atoms with van der Waals surface area (Å²) in [6, 6.07) is 5.97. The van der Waals surface area contributed by atoms with Gasteiger partial charge in [0.05, 0.1) is 31.3 Å². The van der Waals surface area contributed by atoms with Crippen LogP contribution in [-0.4, -0.2) is 70.5 Å². The summed E-state index contributed by atoms with van der Waals surface area (Å²) in [5, 5.41) is 2.80. The molecular formula is C17H24N2O6S. The Balaban J connectivity index is 1.57. The second-order valence-corrected chi connectivity index (χ2v) is 8.32. The lowest BCUT2D eigenvalue weighted by molar-refractivity contribution is -0.145. The molecule has 1 aromatic rings. The Bertz CT molecular complexity index is 722. The number of amides is 1. The zero-order valence-corrected chi connectivity index (χ0v) is 15.6. The molecule has 1 amide bonds. The van der Waals surface area contributed by atoms with Crippen LogP contribution in [0.2, 0.25) is 0 Å². The maximum atomic E-state index is 12.6. The van der Waals surface area contributed by atoms with Gasteiger partial charge in [0.2, 0.25) is 10.0 Å². The molecule has 1 aromatic carbocycles. The van der Waals surface area contributed by atoms with Crippen LogP contribution >= 0.6 is 0 Å². The molecule has 0 atom stereocenters. The van der Waals surface area contributed by atoms with Crippen molar-refractivity contribution in [2.24, 2.45) is 0 Å². The number of carbonyl (C=O) groups is 1. The number of morpholine rings is 1. The number of carbonyl (C=O) groups excluding carboxylic acids is 1. The van der Waals surface area contributed by atoms with Crippen molar-refractivity contribution in [3.63, 3.8) is 0 Å². The molecule has 0 bridgehead atoms. The first-order valence-electron chi connectivity index (χ1n) is 8.65. The highest BCUT2D eigenvalue weighted by Gasteiger charge is 2.30. The largest absolute Gasteiger partial charge is 0.379 e. The number of ether oxygens (including phenoxy) is 3. The number of hydrogen-bond acceptors (Lipinski definition) is 6. The average Bonchev–Trinajstić information content (AvgIpc) is 3.09. The van der Waals surface area contributed by atoms with Gasteiger partial charge in [0, 0.05) is 31.6 Å². The van der Waals surface area contributed by atoms with Crippen LogP contribution in [0, 0.1) is 0 Å². The summed E-state index contributed by atoms with van der Waals surface area (Å²) in [4.78, 5) is 12.4. The highest BCUT2D eigenvalue weighted by atomic mass is 32.2. The summed E-state index contributed by atoms with van der Waals surface area (Å²) in [6.45, 7) is 4.84. The normalized spacial score (nSPS) is 20.8. The van der Waals surface area contributed by atoms with Crippen LogP contribution in [-0.2, 0) is 24.2 Å². The molecule has 2 aliphatic heterocycles. The number of nitrogens with one attached hydrogen (secondary N) is 1. The molecule has 2 fully saturated rings. The van der Waals surface area contributed by atoms with Crippen LogP contribution in [0.3, 0.4) is 0 Å². The van der Waals surface area contributed by atoms with Crippen molar-refractivity contribution in [1.82, 2.24) is 9.62 Å². The Labute approximate surface area is 153 Å². The summed E-state index contributed by atoms with van der Waals surface area (Å²) in [5.74, 6) is -0.912. The van der Waals surface area contributed by atoms with Crippen LogP contribution in [0.15, 0.2) is 29.2 Å². The topological polar surface area (TPSA) is 94.2 Å². The molecule has 2 heterocycles. The van der Waals surface area contributed by atoms with Crippen LogP contribution in [0.1, 0.15) is 23.7 Å². The molecule has 0 radical (unpaired) electrons. The molecule has 2 saturated heterocycles. The number of hydrogen-bond donors (Lipinski definition) is 1. The van der Waals surface area contributed by atoms with Crippen molar-refractivity contribution in [3.8, 4) is 0 Å². The summed E-state index contributed by atoms with van der Waals surface area (Å²) >= 11 is 0. The lowest BCUT2D eigenvalue weighted by Crippen LogP contribution is -2.40. The first-order valence-corrected chi connectivity index (χ1v) is 10.1. The van der Waals surface area contributed by atoms with E-state index in [4.69, 9.17) is 14.2 Å². The van der Waals surface area contributed by atoms with Gasteiger partial charge in [-0.05, 0) is 31.2 Å². The molecule has 0 saturated carbocycles. The van der Waals surface area contributed by atoms with Crippen LogP contribution < -0.4 is 5.32 Å². The van der Waals surface area contributed by atoms with E-state index in [0.717, 1.165) is 0 Å². The van der Waals surface area contributed by atoms with Gasteiger partial charge in [-0.3, -0.25) is 4.79 Å². The van der Waals surface area contributed by atoms with Crippen molar-refractivity contribution >= 4 is 15.9 Å². The fraction of sp³-hybridized carbons (Fsp3) is 0.588. The van der Waals surface area contributed by atoms with Crippen LogP contribution in [0.25, 0.3) is 0 Å². The van der Waals surface area contributed by atoms with Gasteiger partial charge in [0.1, 0.15) is 0 Å². The van der Waals surface area contributed by atoms with Crippen molar-refractivity contribution in [2.75, 3.05) is 46.1 Å². The van der Waals surface area contributed by atoms with Crippen molar-refractivity contribution in [2.45, 2.75) is 24.0 Å². The molecule has 26 heavy (non-hydrogen) atoms. The quantitative estimate of drug-likeness (QED) is 0.772. The Hall–Kier alpha value is -1.52. The highest BCUT2D eigenvalue weighted by Crippen LogP contribution is 2.22. The van der Waals surface area contributed by atoms with Crippen molar-refractivity contribution < 1.29 is 27.4 Å². The second-order valence-electron chi connectivity index (χ2n) is 6.38. The Morgan fingerprint density at radius 2 is 1.73 bits per heavy atom. The smallest absolute Gasteiger partial charge is 0.251 e. The highest BCUT2D eigenvalue weighted by molar-refractivity contribution is 7.89. The third-order valence-corrected chi connectivity index (χ3v) is 6.40. The number of rotatable bonds is 6. The molecule has 0 aliphatic carbocycles. The van der Waals surface area contributed by atoms with Gasteiger partial charge in [-0.2, -0.15) is 4.31 Å².